The first-order valence-electron chi connectivity index (χ1n) is 7.02. The fourth-order valence-electron chi connectivity index (χ4n) is 1.73. The zero-order valence-corrected chi connectivity index (χ0v) is 13.9. The van der Waals surface area contributed by atoms with Gasteiger partial charge in [-0.1, -0.05) is 29.8 Å². The summed E-state index contributed by atoms with van der Waals surface area (Å²) >= 11 is 7.42. The Labute approximate surface area is 144 Å². The number of benzene rings is 2. The van der Waals surface area contributed by atoms with Gasteiger partial charge in [0.25, 0.3) is 5.91 Å². The van der Waals surface area contributed by atoms with E-state index in [-0.39, 0.29) is 12.5 Å². The Balaban J connectivity index is 1.62. The van der Waals surface area contributed by atoms with Gasteiger partial charge in [0, 0.05) is 22.2 Å². The molecule has 2 rings (SSSR count). The lowest BCUT2D eigenvalue weighted by atomic mass is 10.2. The molecule has 0 saturated heterocycles. The molecule has 0 saturated carbocycles. The maximum absolute atomic E-state index is 11.7. The van der Waals surface area contributed by atoms with E-state index in [0.717, 1.165) is 10.6 Å². The molecule has 0 heterocycles. The van der Waals surface area contributed by atoms with E-state index >= 15 is 0 Å². The van der Waals surface area contributed by atoms with E-state index in [1.165, 1.54) is 0 Å². The van der Waals surface area contributed by atoms with Gasteiger partial charge in [-0.15, -0.1) is 11.8 Å². The normalized spacial score (nSPS) is 10.1. The number of thioether (sulfide) groups is 1. The number of halogens is 1. The van der Waals surface area contributed by atoms with Crippen molar-refractivity contribution in [3.05, 3.63) is 65.2 Å². The Morgan fingerprint density at radius 2 is 1.74 bits per heavy atom. The van der Waals surface area contributed by atoms with Crippen molar-refractivity contribution in [2.24, 2.45) is 0 Å². The molecule has 23 heavy (non-hydrogen) atoms. The Bertz CT molecular complexity index is 647. The molecule has 0 aliphatic rings. The number of nitrogens with one attached hydrogen (secondary N) is 1. The van der Waals surface area contributed by atoms with Crippen molar-refractivity contribution >= 4 is 35.2 Å². The Kier molecular flexibility index (Phi) is 6.97. The van der Waals surface area contributed by atoms with E-state index < -0.39 is 5.97 Å². The average Bonchev–Trinajstić information content (AvgIpc) is 2.59. The van der Waals surface area contributed by atoms with Crippen LogP contribution >= 0.6 is 23.4 Å². The highest BCUT2D eigenvalue weighted by atomic mass is 35.5. The summed E-state index contributed by atoms with van der Waals surface area (Å²) in [6.45, 7) is 0.217. The van der Waals surface area contributed by atoms with Crippen LogP contribution in [0.4, 0.5) is 0 Å². The maximum atomic E-state index is 11.7. The molecule has 0 aromatic heterocycles. The lowest BCUT2D eigenvalue weighted by molar-refractivity contribution is -0.124. The van der Waals surface area contributed by atoms with Crippen molar-refractivity contribution in [3.63, 3.8) is 0 Å². The van der Waals surface area contributed by atoms with Crippen LogP contribution < -0.4 is 5.32 Å². The summed E-state index contributed by atoms with van der Waals surface area (Å²) in [6, 6.07) is 16.1. The molecular formula is C17H16ClNO3S. The summed E-state index contributed by atoms with van der Waals surface area (Å²) in [4.78, 5) is 24.4. The fourth-order valence-corrected chi connectivity index (χ4v) is 2.62. The van der Waals surface area contributed by atoms with Gasteiger partial charge in [-0.25, -0.2) is 4.79 Å². The lowest BCUT2D eigenvalue weighted by Crippen LogP contribution is -2.30. The van der Waals surface area contributed by atoms with E-state index in [0.29, 0.717) is 17.1 Å². The van der Waals surface area contributed by atoms with Gasteiger partial charge in [0.15, 0.2) is 6.61 Å². The minimum absolute atomic E-state index is 0.278. The first-order chi connectivity index (χ1) is 11.1. The first-order valence-corrected chi connectivity index (χ1v) is 8.39. The molecule has 0 fully saturated rings. The number of hydrogen-bond acceptors (Lipinski definition) is 4. The molecule has 4 nitrogen and oxygen atoms in total. The lowest BCUT2D eigenvalue weighted by Gasteiger charge is -2.06. The van der Waals surface area contributed by atoms with E-state index in [1.54, 1.807) is 36.0 Å². The number of rotatable bonds is 7. The van der Waals surface area contributed by atoms with Crippen LogP contribution in [0.1, 0.15) is 10.4 Å². The van der Waals surface area contributed by atoms with Crippen LogP contribution in [0.3, 0.4) is 0 Å². The highest BCUT2D eigenvalue weighted by Gasteiger charge is 2.09. The number of amides is 1. The zero-order valence-electron chi connectivity index (χ0n) is 12.3. The second-order valence-electron chi connectivity index (χ2n) is 4.59. The summed E-state index contributed by atoms with van der Waals surface area (Å²) in [5, 5.41) is 3.41. The summed E-state index contributed by atoms with van der Waals surface area (Å²) in [5.74, 6) is -0.0951. The molecular weight excluding hydrogens is 334 g/mol. The smallest absolute Gasteiger partial charge is 0.338 e. The molecule has 0 radical (unpaired) electrons. The number of carbonyl (C=O) groups is 2. The molecule has 1 N–H and O–H groups in total. The van der Waals surface area contributed by atoms with Crippen LogP contribution in [0.15, 0.2) is 59.5 Å². The number of hydrogen-bond donors (Lipinski definition) is 1. The van der Waals surface area contributed by atoms with Crippen LogP contribution in [0, 0.1) is 0 Å². The van der Waals surface area contributed by atoms with Crippen LogP contribution in [0.5, 0.6) is 0 Å². The minimum Gasteiger partial charge on any atom is -0.452 e. The monoisotopic (exact) mass is 349 g/mol. The van der Waals surface area contributed by atoms with Crippen molar-refractivity contribution in [2.45, 2.75) is 4.90 Å². The molecule has 120 valence electrons. The average molecular weight is 350 g/mol. The Morgan fingerprint density at radius 1 is 1.04 bits per heavy atom. The van der Waals surface area contributed by atoms with Gasteiger partial charge < -0.3 is 10.1 Å². The van der Waals surface area contributed by atoms with Crippen LogP contribution in [-0.2, 0) is 9.53 Å². The largest absolute Gasteiger partial charge is 0.452 e. The molecule has 0 unspecified atom stereocenters. The number of ether oxygens (including phenoxy) is 1. The second kappa shape index (κ2) is 9.22. The van der Waals surface area contributed by atoms with Gasteiger partial charge in [0.1, 0.15) is 0 Å². The summed E-state index contributed by atoms with van der Waals surface area (Å²) in [5.41, 5.74) is 0.429. The van der Waals surface area contributed by atoms with Crippen molar-refractivity contribution in [3.8, 4) is 0 Å². The first kappa shape index (κ1) is 17.4. The van der Waals surface area contributed by atoms with Crippen LogP contribution in [0.2, 0.25) is 5.02 Å². The van der Waals surface area contributed by atoms with Crippen molar-refractivity contribution in [1.82, 2.24) is 5.32 Å². The summed E-state index contributed by atoms with van der Waals surface area (Å²) in [7, 11) is 0. The summed E-state index contributed by atoms with van der Waals surface area (Å²) in [6.07, 6.45) is 0. The zero-order chi connectivity index (χ0) is 16.5. The third-order valence-corrected chi connectivity index (χ3v) is 4.12. The van der Waals surface area contributed by atoms with E-state index in [2.05, 4.69) is 5.32 Å². The predicted octanol–water partition coefficient (Wildman–Crippen LogP) is 3.41. The van der Waals surface area contributed by atoms with E-state index in [4.69, 9.17) is 16.3 Å². The highest BCUT2D eigenvalue weighted by Crippen LogP contribution is 2.19. The Morgan fingerprint density at radius 3 is 2.43 bits per heavy atom. The molecule has 0 bridgehead atoms. The van der Waals surface area contributed by atoms with Gasteiger partial charge in [-0.05, 0) is 36.4 Å². The quantitative estimate of drug-likeness (QED) is 0.473. The molecule has 0 atom stereocenters. The van der Waals surface area contributed by atoms with E-state index in [1.807, 2.05) is 30.3 Å². The van der Waals surface area contributed by atoms with E-state index in [9.17, 15) is 9.59 Å². The topological polar surface area (TPSA) is 55.4 Å². The number of esters is 1. The second-order valence-corrected chi connectivity index (χ2v) is 6.20. The van der Waals surface area contributed by atoms with Crippen LogP contribution in [0.25, 0.3) is 0 Å². The van der Waals surface area contributed by atoms with Crippen molar-refractivity contribution in [1.29, 1.82) is 0 Å². The summed E-state index contributed by atoms with van der Waals surface area (Å²) < 4.78 is 4.95. The molecule has 2 aromatic rings. The van der Waals surface area contributed by atoms with Crippen molar-refractivity contribution in [2.75, 3.05) is 18.9 Å². The molecule has 2 aromatic carbocycles. The molecule has 1 amide bonds. The molecule has 0 aliphatic carbocycles. The predicted molar refractivity (Wildman–Crippen MR) is 91.9 cm³/mol. The maximum Gasteiger partial charge on any atom is 0.338 e. The number of carbonyl (C=O) groups excluding carboxylic acids is 2. The minimum atomic E-state index is -0.503. The third-order valence-electron chi connectivity index (χ3n) is 2.85. The van der Waals surface area contributed by atoms with Gasteiger partial charge in [0.2, 0.25) is 0 Å². The third kappa shape index (κ3) is 6.34. The standard InChI is InChI=1S/C17H16ClNO3S/c18-14-6-8-15(9-7-14)23-11-10-19-16(20)12-22-17(21)13-4-2-1-3-5-13/h1-9H,10-12H2,(H,19,20). The van der Waals surface area contributed by atoms with Gasteiger partial charge in [0.05, 0.1) is 5.56 Å². The van der Waals surface area contributed by atoms with Gasteiger partial charge >= 0.3 is 5.97 Å². The fraction of sp³-hybridized carbons (Fsp3) is 0.176. The highest BCUT2D eigenvalue weighted by molar-refractivity contribution is 7.99. The van der Waals surface area contributed by atoms with Gasteiger partial charge in [-0.3, -0.25) is 4.79 Å². The van der Waals surface area contributed by atoms with Crippen molar-refractivity contribution < 1.29 is 14.3 Å². The van der Waals surface area contributed by atoms with Gasteiger partial charge in [-0.2, -0.15) is 0 Å². The molecule has 0 aliphatic heterocycles. The van der Waals surface area contributed by atoms with Crippen LogP contribution in [-0.4, -0.2) is 30.8 Å². The SMILES string of the molecule is O=C(COC(=O)c1ccccc1)NCCSc1ccc(Cl)cc1. The molecule has 0 spiro atoms. The Hall–Kier alpha value is -1.98. The molecule has 6 heteroatoms.